The van der Waals surface area contributed by atoms with E-state index >= 15 is 0 Å². The molecule has 0 aromatic rings. The molecule has 3 heteroatoms. The van der Waals surface area contributed by atoms with E-state index in [1.165, 1.54) is 0 Å². The lowest BCUT2D eigenvalue weighted by Gasteiger charge is -2.39. The fourth-order valence-electron chi connectivity index (χ4n) is 3.82. The number of carbonyl (C=O) groups is 2. The lowest BCUT2D eigenvalue weighted by molar-refractivity contribution is -0.137. The van der Waals surface area contributed by atoms with Crippen LogP contribution in [0.15, 0.2) is 0 Å². The van der Waals surface area contributed by atoms with Crippen molar-refractivity contribution in [3.63, 3.8) is 0 Å². The number of rotatable bonds is 3. The van der Waals surface area contributed by atoms with Crippen molar-refractivity contribution < 1.29 is 9.59 Å². The minimum Gasteiger partial charge on any atom is -0.353 e. The third-order valence-corrected chi connectivity index (χ3v) is 6.13. The van der Waals surface area contributed by atoms with E-state index in [9.17, 15) is 9.59 Å². The third kappa shape index (κ3) is 1.36. The minimum absolute atomic E-state index is 0.0939. The van der Waals surface area contributed by atoms with Crippen LogP contribution >= 0.6 is 0 Å². The van der Waals surface area contributed by atoms with Crippen LogP contribution in [0, 0.1) is 16.2 Å². The second-order valence-corrected chi connectivity index (χ2v) is 6.92. The van der Waals surface area contributed by atoms with Crippen molar-refractivity contribution in [2.75, 3.05) is 0 Å². The minimum atomic E-state index is -0.470. The molecule has 1 amide bonds. The van der Waals surface area contributed by atoms with Crippen molar-refractivity contribution in [2.45, 2.75) is 66.3 Å². The molecule has 3 unspecified atom stereocenters. The molecule has 2 aliphatic rings. The van der Waals surface area contributed by atoms with Crippen LogP contribution < -0.4 is 5.32 Å². The Morgan fingerprint density at radius 3 is 2.33 bits per heavy atom. The first-order chi connectivity index (χ1) is 8.21. The van der Waals surface area contributed by atoms with Crippen LogP contribution in [0.25, 0.3) is 0 Å². The predicted octanol–water partition coefficient (Wildman–Crippen LogP) is 2.69. The lowest BCUT2D eigenvalue weighted by Crippen LogP contribution is -2.49. The van der Waals surface area contributed by atoms with Crippen LogP contribution in [0.1, 0.15) is 60.3 Å². The topological polar surface area (TPSA) is 46.2 Å². The van der Waals surface area contributed by atoms with E-state index in [0.717, 1.165) is 19.3 Å². The second kappa shape index (κ2) is 3.82. The number of nitrogens with one attached hydrogen (secondary N) is 1. The number of hydrogen-bond donors (Lipinski definition) is 1. The summed E-state index contributed by atoms with van der Waals surface area (Å²) in [6, 6.07) is 0.185. The molecule has 0 heterocycles. The molecule has 0 aliphatic heterocycles. The first-order valence-corrected chi connectivity index (χ1v) is 7.05. The molecular formula is C15H25NO2. The maximum absolute atomic E-state index is 12.6. The SMILES string of the molecule is CCC(C)NC(=O)C12CCC(C)(C(=O)C1)C2(C)C. The Hall–Kier alpha value is -0.860. The standard InChI is InChI=1S/C15H25NO2/c1-6-10(2)16-12(18)15-8-7-14(5,11(17)9-15)13(15,3)4/h10H,6-9H2,1-5H3,(H,16,18). The zero-order valence-electron chi connectivity index (χ0n) is 12.2. The molecule has 0 aromatic carbocycles. The Kier molecular flexibility index (Phi) is 2.88. The van der Waals surface area contributed by atoms with E-state index < -0.39 is 5.41 Å². The van der Waals surface area contributed by atoms with Gasteiger partial charge in [0.1, 0.15) is 5.78 Å². The summed E-state index contributed by atoms with van der Waals surface area (Å²) in [5.74, 6) is 0.370. The van der Waals surface area contributed by atoms with Crippen molar-refractivity contribution in [1.29, 1.82) is 0 Å². The normalized spacial score (nSPS) is 38.8. The van der Waals surface area contributed by atoms with E-state index in [4.69, 9.17) is 0 Å². The number of carbonyl (C=O) groups excluding carboxylic acids is 2. The summed E-state index contributed by atoms with van der Waals surface area (Å²) in [4.78, 5) is 24.9. The fourth-order valence-corrected chi connectivity index (χ4v) is 3.82. The van der Waals surface area contributed by atoms with Gasteiger partial charge in [0.25, 0.3) is 0 Å². The van der Waals surface area contributed by atoms with E-state index in [2.05, 4.69) is 26.1 Å². The maximum Gasteiger partial charge on any atom is 0.227 e. The molecule has 0 spiro atoms. The van der Waals surface area contributed by atoms with E-state index in [1.807, 2.05) is 13.8 Å². The molecule has 2 bridgehead atoms. The number of amides is 1. The van der Waals surface area contributed by atoms with Gasteiger partial charge in [0.05, 0.1) is 5.41 Å². The molecule has 3 nitrogen and oxygen atoms in total. The van der Waals surface area contributed by atoms with E-state index in [1.54, 1.807) is 0 Å². The van der Waals surface area contributed by atoms with Gasteiger partial charge >= 0.3 is 0 Å². The van der Waals surface area contributed by atoms with E-state index in [-0.39, 0.29) is 28.6 Å². The van der Waals surface area contributed by atoms with Crippen molar-refractivity contribution in [3.8, 4) is 0 Å². The summed E-state index contributed by atoms with van der Waals surface area (Å²) in [5, 5.41) is 3.09. The monoisotopic (exact) mass is 251 g/mol. The van der Waals surface area contributed by atoms with Gasteiger partial charge in [0, 0.05) is 17.9 Å². The van der Waals surface area contributed by atoms with Crippen LogP contribution in [0.4, 0.5) is 0 Å². The maximum atomic E-state index is 12.6. The second-order valence-electron chi connectivity index (χ2n) is 6.92. The molecule has 0 aromatic heterocycles. The summed E-state index contributed by atoms with van der Waals surface area (Å²) in [6.07, 6.45) is 3.06. The molecule has 1 N–H and O–H groups in total. The molecule has 0 saturated heterocycles. The zero-order chi connectivity index (χ0) is 13.8. The van der Waals surface area contributed by atoms with Crippen molar-refractivity contribution in [1.82, 2.24) is 5.32 Å². The molecule has 2 saturated carbocycles. The van der Waals surface area contributed by atoms with Gasteiger partial charge in [-0.25, -0.2) is 0 Å². The highest BCUT2D eigenvalue weighted by atomic mass is 16.2. The molecule has 2 rings (SSSR count). The van der Waals surface area contributed by atoms with Crippen molar-refractivity contribution in [2.24, 2.45) is 16.2 Å². The Balaban J connectivity index is 2.33. The number of fused-ring (bicyclic) bond motifs is 2. The summed E-state index contributed by atoms with van der Waals surface area (Å²) in [5.41, 5.74) is -1.00. The predicted molar refractivity (Wildman–Crippen MR) is 71.1 cm³/mol. The van der Waals surface area contributed by atoms with Crippen molar-refractivity contribution in [3.05, 3.63) is 0 Å². The van der Waals surface area contributed by atoms with Gasteiger partial charge in [-0.15, -0.1) is 0 Å². The van der Waals surface area contributed by atoms with Gasteiger partial charge in [-0.05, 0) is 31.6 Å². The van der Waals surface area contributed by atoms with Gasteiger partial charge in [-0.2, -0.15) is 0 Å². The highest BCUT2D eigenvalue weighted by Crippen LogP contribution is 2.70. The summed E-state index contributed by atoms with van der Waals surface area (Å²) in [7, 11) is 0. The quantitative estimate of drug-likeness (QED) is 0.838. The van der Waals surface area contributed by atoms with Gasteiger partial charge in [0.2, 0.25) is 5.91 Å². The number of Topliss-reactive ketones (excluding diaryl/α,β-unsaturated/α-hetero) is 1. The van der Waals surface area contributed by atoms with Crippen LogP contribution in [-0.2, 0) is 9.59 Å². The first kappa shape index (κ1) is 13.6. The summed E-state index contributed by atoms with van der Waals surface area (Å²) >= 11 is 0. The largest absolute Gasteiger partial charge is 0.353 e. The van der Waals surface area contributed by atoms with Crippen LogP contribution in [-0.4, -0.2) is 17.7 Å². The van der Waals surface area contributed by atoms with Gasteiger partial charge < -0.3 is 5.32 Å². The van der Waals surface area contributed by atoms with E-state index in [0.29, 0.717) is 6.42 Å². The first-order valence-electron chi connectivity index (χ1n) is 7.05. The zero-order valence-corrected chi connectivity index (χ0v) is 12.2. The third-order valence-electron chi connectivity index (χ3n) is 6.13. The average Bonchev–Trinajstić information content (AvgIpc) is 2.59. The molecule has 0 radical (unpaired) electrons. The number of hydrogen-bond acceptors (Lipinski definition) is 2. The molecule has 102 valence electrons. The molecule has 3 atom stereocenters. The highest BCUT2D eigenvalue weighted by molar-refractivity contribution is 5.99. The summed E-state index contributed by atoms with van der Waals surface area (Å²) < 4.78 is 0. The number of ketones is 1. The van der Waals surface area contributed by atoms with Crippen LogP contribution in [0.3, 0.4) is 0 Å². The van der Waals surface area contributed by atoms with Crippen LogP contribution in [0.2, 0.25) is 0 Å². The van der Waals surface area contributed by atoms with Gasteiger partial charge in [-0.3, -0.25) is 9.59 Å². The Labute approximate surface area is 110 Å². The lowest BCUT2D eigenvalue weighted by atomic mass is 9.64. The van der Waals surface area contributed by atoms with Gasteiger partial charge in [0.15, 0.2) is 0 Å². The smallest absolute Gasteiger partial charge is 0.227 e. The van der Waals surface area contributed by atoms with Gasteiger partial charge in [-0.1, -0.05) is 27.7 Å². The molecular weight excluding hydrogens is 226 g/mol. The van der Waals surface area contributed by atoms with Crippen molar-refractivity contribution >= 4 is 11.7 Å². The molecule has 2 aliphatic carbocycles. The Bertz CT molecular complexity index is 401. The fraction of sp³-hybridized carbons (Fsp3) is 0.867. The van der Waals surface area contributed by atoms with Crippen LogP contribution in [0.5, 0.6) is 0 Å². The molecule has 2 fully saturated rings. The summed E-state index contributed by atoms with van der Waals surface area (Å²) in [6.45, 7) is 10.3. The molecule has 18 heavy (non-hydrogen) atoms. The average molecular weight is 251 g/mol. The Morgan fingerprint density at radius 1 is 1.33 bits per heavy atom. The Morgan fingerprint density at radius 2 is 1.94 bits per heavy atom. The highest BCUT2D eigenvalue weighted by Gasteiger charge is 2.72.